The lowest BCUT2D eigenvalue weighted by Gasteiger charge is -2.55. The lowest BCUT2D eigenvalue weighted by molar-refractivity contribution is -0.00888. The van der Waals surface area contributed by atoms with Crippen molar-refractivity contribution < 1.29 is 0 Å². The Morgan fingerprint density at radius 2 is 1.90 bits per heavy atom. The average molecular weight is 422 g/mol. The Hall–Kier alpha value is -2.15. The lowest BCUT2D eigenvalue weighted by Crippen LogP contribution is -2.49. The third-order valence-electron chi connectivity index (χ3n) is 7.41. The van der Waals surface area contributed by atoms with Crippen molar-refractivity contribution in [2.75, 3.05) is 0 Å². The summed E-state index contributed by atoms with van der Waals surface area (Å²) < 4.78 is 1.79. The fraction of sp³-hybridized carbons (Fsp3) is 0.565. The minimum Gasteiger partial charge on any atom is -0.336 e. The van der Waals surface area contributed by atoms with Gasteiger partial charge in [-0.2, -0.15) is 0 Å². The molecule has 3 aromatic rings. The van der Waals surface area contributed by atoms with Crippen LogP contribution in [0.15, 0.2) is 39.4 Å². The van der Waals surface area contributed by atoms with Gasteiger partial charge in [0.15, 0.2) is 16.3 Å². The van der Waals surface area contributed by atoms with E-state index in [0.29, 0.717) is 22.9 Å². The van der Waals surface area contributed by atoms with Crippen LogP contribution in [0.5, 0.6) is 0 Å². The number of aromatic nitrogens is 5. The third-order valence-corrected chi connectivity index (χ3v) is 8.38. The molecule has 4 saturated carbocycles. The molecular formula is C23H27N5OS. The van der Waals surface area contributed by atoms with E-state index in [1.807, 2.05) is 18.3 Å². The number of nitrogens with zero attached hydrogens (tertiary/aromatic N) is 4. The zero-order valence-corrected chi connectivity index (χ0v) is 18.1. The maximum Gasteiger partial charge on any atom is 0.280 e. The summed E-state index contributed by atoms with van der Waals surface area (Å²) in [7, 11) is 0. The van der Waals surface area contributed by atoms with Crippen LogP contribution < -0.4 is 5.56 Å². The molecule has 0 unspecified atom stereocenters. The van der Waals surface area contributed by atoms with Gasteiger partial charge in [0.05, 0.1) is 0 Å². The first-order valence-electron chi connectivity index (χ1n) is 11.2. The maximum absolute atomic E-state index is 13.4. The molecule has 7 heteroatoms. The first kappa shape index (κ1) is 18.6. The fourth-order valence-corrected chi connectivity index (χ4v) is 7.52. The van der Waals surface area contributed by atoms with Crippen molar-refractivity contribution in [3.8, 4) is 0 Å². The number of imidazole rings is 1. The van der Waals surface area contributed by atoms with Crippen LogP contribution >= 0.6 is 11.8 Å². The molecule has 3 heterocycles. The highest BCUT2D eigenvalue weighted by molar-refractivity contribution is 7.99. The molecule has 4 fully saturated rings. The smallest absolute Gasteiger partial charge is 0.280 e. The second-order valence-electron chi connectivity index (χ2n) is 9.62. The third kappa shape index (κ3) is 2.93. The summed E-state index contributed by atoms with van der Waals surface area (Å²) in [5.74, 6) is 3.54. The van der Waals surface area contributed by atoms with Crippen molar-refractivity contribution in [2.45, 2.75) is 73.9 Å². The van der Waals surface area contributed by atoms with Crippen LogP contribution in [0, 0.1) is 17.8 Å². The van der Waals surface area contributed by atoms with Crippen LogP contribution in [0.25, 0.3) is 11.2 Å². The molecule has 3 aromatic heterocycles. The predicted octanol–water partition coefficient (Wildman–Crippen LogP) is 4.54. The summed E-state index contributed by atoms with van der Waals surface area (Å²) >= 11 is 1.49. The summed E-state index contributed by atoms with van der Waals surface area (Å²) in [5, 5.41) is 0.700. The van der Waals surface area contributed by atoms with E-state index in [0.717, 1.165) is 34.9 Å². The van der Waals surface area contributed by atoms with Crippen LogP contribution in [0.3, 0.4) is 0 Å². The van der Waals surface area contributed by atoms with Gasteiger partial charge in [-0.1, -0.05) is 6.92 Å². The highest BCUT2D eigenvalue weighted by Crippen LogP contribution is 2.60. The summed E-state index contributed by atoms with van der Waals surface area (Å²) in [6.07, 6.45) is 12.3. The molecule has 0 radical (unpaired) electrons. The van der Waals surface area contributed by atoms with Gasteiger partial charge in [0.25, 0.3) is 5.56 Å². The van der Waals surface area contributed by atoms with Gasteiger partial charge in [-0.15, -0.1) is 0 Å². The molecule has 4 aliphatic carbocycles. The monoisotopic (exact) mass is 421 g/mol. The molecule has 1 N–H and O–H groups in total. The molecule has 0 spiro atoms. The molecular weight excluding hydrogens is 394 g/mol. The van der Waals surface area contributed by atoms with Crippen LogP contribution in [0.1, 0.15) is 57.7 Å². The van der Waals surface area contributed by atoms with Crippen molar-refractivity contribution in [1.82, 2.24) is 24.5 Å². The van der Waals surface area contributed by atoms with E-state index in [2.05, 4.69) is 16.9 Å². The molecule has 7 rings (SSSR count). The quantitative estimate of drug-likeness (QED) is 0.612. The van der Waals surface area contributed by atoms with Crippen LogP contribution in [0.4, 0.5) is 0 Å². The number of rotatable bonds is 5. The van der Waals surface area contributed by atoms with E-state index in [1.165, 1.54) is 50.3 Å². The van der Waals surface area contributed by atoms with Crippen molar-refractivity contribution in [1.29, 1.82) is 0 Å². The van der Waals surface area contributed by atoms with E-state index in [-0.39, 0.29) is 11.0 Å². The molecule has 6 nitrogen and oxygen atoms in total. The number of hydrogen-bond donors (Lipinski definition) is 1. The molecule has 0 saturated heterocycles. The molecule has 0 atom stereocenters. The second kappa shape index (κ2) is 6.94. The Labute approximate surface area is 179 Å². The van der Waals surface area contributed by atoms with Crippen molar-refractivity contribution >= 4 is 22.9 Å². The van der Waals surface area contributed by atoms with E-state index in [4.69, 9.17) is 9.97 Å². The SMILES string of the molecule is CCCn1c(Sc2cccnc2)nc2nc(C34CC5CC(CC(C5)C3)C4)[nH]c2c1=O. The number of H-pyrrole nitrogens is 1. The summed E-state index contributed by atoms with van der Waals surface area (Å²) in [6, 6.07) is 3.90. The van der Waals surface area contributed by atoms with E-state index in [1.54, 1.807) is 10.8 Å². The van der Waals surface area contributed by atoms with Gasteiger partial charge >= 0.3 is 0 Å². The molecule has 0 aromatic carbocycles. The minimum atomic E-state index is -0.00304. The zero-order valence-electron chi connectivity index (χ0n) is 17.3. The van der Waals surface area contributed by atoms with Crippen LogP contribution in [-0.4, -0.2) is 24.5 Å². The van der Waals surface area contributed by atoms with Crippen LogP contribution in [0.2, 0.25) is 0 Å². The predicted molar refractivity (Wildman–Crippen MR) is 117 cm³/mol. The molecule has 0 aliphatic heterocycles. The Bertz CT molecular complexity index is 1120. The Kier molecular flexibility index (Phi) is 4.30. The van der Waals surface area contributed by atoms with Gasteiger partial charge in [0.2, 0.25) is 0 Å². The largest absolute Gasteiger partial charge is 0.336 e. The Balaban J connectivity index is 1.45. The van der Waals surface area contributed by atoms with Gasteiger partial charge in [-0.25, -0.2) is 9.97 Å². The first-order chi connectivity index (χ1) is 14.6. The second-order valence-corrected chi connectivity index (χ2v) is 10.7. The highest BCUT2D eigenvalue weighted by atomic mass is 32.2. The van der Waals surface area contributed by atoms with Crippen molar-refractivity contribution in [3.05, 3.63) is 40.7 Å². The van der Waals surface area contributed by atoms with Crippen LogP contribution in [-0.2, 0) is 12.0 Å². The van der Waals surface area contributed by atoms with Crippen molar-refractivity contribution in [3.63, 3.8) is 0 Å². The summed E-state index contributed by atoms with van der Waals surface area (Å²) in [5.41, 5.74) is 1.28. The number of hydrogen-bond acceptors (Lipinski definition) is 5. The van der Waals surface area contributed by atoms with Crippen molar-refractivity contribution in [2.24, 2.45) is 17.8 Å². The van der Waals surface area contributed by atoms with Gasteiger partial charge in [-0.3, -0.25) is 14.3 Å². The first-order valence-corrected chi connectivity index (χ1v) is 12.0. The molecule has 30 heavy (non-hydrogen) atoms. The van der Waals surface area contributed by atoms with E-state index >= 15 is 0 Å². The average Bonchev–Trinajstić information content (AvgIpc) is 3.16. The van der Waals surface area contributed by atoms with Gasteiger partial charge in [0.1, 0.15) is 5.82 Å². The summed E-state index contributed by atoms with van der Waals surface area (Å²) in [4.78, 5) is 31.9. The normalized spacial score (nSPS) is 29.7. The maximum atomic E-state index is 13.4. The lowest BCUT2D eigenvalue weighted by atomic mass is 9.49. The summed E-state index contributed by atoms with van der Waals surface area (Å²) in [6.45, 7) is 2.74. The van der Waals surface area contributed by atoms with Gasteiger partial charge < -0.3 is 4.98 Å². The number of aromatic amines is 1. The number of fused-ring (bicyclic) bond motifs is 1. The Morgan fingerprint density at radius 1 is 1.17 bits per heavy atom. The number of nitrogens with one attached hydrogen (secondary N) is 1. The topological polar surface area (TPSA) is 76.5 Å². The number of pyridine rings is 1. The fourth-order valence-electron chi connectivity index (χ4n) is 6.63. The van der Waals surface area contributed by atoms with E-state index < -0.39 is 0 Å². The van der Waals surface area contributed by atoms with E-state index in [9.17, 15) is 4.79 Å². The molecule has 4 aliphatic rings. The molecule has 4 bridgehead atoms. The molecule has 156 valence electrons. The van der Waals surface area contributed by atoms with Gasteiger partial charge in [0, 0.05) is 29.2 Å². The van der Waals surface area contributed by atoms with Gasteiger partial charge in [-0.05, 0) is 86.6 Å². The Morgan fingerprint density at radius 3 is 2.53 bits per heavy atom. The highest BCUT2D eigenvalue weighted by Gasteiger charge is 2.53. The molecule has 0 amide bonds. The minimum absolute atomic E-state index is 0.00304. The standard InChI is InChI=1S/C23H27N5OS/c1-2-6-28-20(29)18-19(27-22(28)30-17-4-3-5-24-13-17)26-21(25-18)23-10-14-7-15(11-23)9-16(8-14)12-23/h3-5,13-16H,2,6-12H2,1H3,(H,25,26). The zero-order chi connectivity index (χ0) is 20.3.